The van der Waals surface area contributed by atoms with E-state index >= 15 is 0 Å². The van der Waals surface area contributed by atoms with Crippen molar-refractivity contribution in [2.45, 2.75) is 109 Å². The van der Waals surface area contributed by atoms with Crippen molar-refractivity contribution in [3.05, 3.63) is 23.8 Å². The Bertz CT molecular complexity index is 539. The molecule has 0 unspecified atom stereocenters. The molecule has 2 fully saturated rings. The fourth-order valence-corrected chi connectivity index (χ4v) is 5.16. The van der Waals surface area contributed by atoms with Crippen LogP contribution in [0.2, 0.25) is 0 Å². The molecular formula is C25H42O4. The first-order valence-electron chi connectivity index (χ1n) is 12.0. The Morgan fingerprint density at radius 3 is 2.55 bits per heavy atom. The smallest absolute Gasteiger partial charge is 0.303 e. The van der Waals surface area contributed by atoms with Gasteiger partial charge in [0, 0.05) is 12.3 Å². The van der Waals surface area contributed by atoms with Gasteiger partial charge in [0.25, 0.3) is 0 Å². The fourth-order valence-electron chi connectivity index (χ4n) is 5.16. The molecule has 0 amide bonds. The highest BCUT2D eigenvalue weighted by Crippen LogP contribution is 2.50. The van der Waals surface area contributed by atoms with E-state index in [1.807, 2.05) is 6.08 Å². The summed E-state index contributed by atoms with van der Waals surface area (Å²) in [4.78, 5) is 10.6. The molecule has 2 rings (SSSR count). The lowest BCUT2D eigenvalue weighted by Crippen LogP contribution is -2.17. The van der Waals surface area contributed by atoms with Gasteiger partial charge in [-0.1, -0.05) is 75.7 Å². The van der Waals surface area contributed by atoms with Gasteiger partial charge in [0.05, 0.1) is 12.2 Å². The maximum atomic E-state index is 10.6. The third kappa shape index (κ3) is 8.64. The fraction of sp³-hybridized carbons (Fsp3) is 0.800. The van der Waals surface area contributed by atoms with E-state index in [2.05, 4.69) is 19.1 Å². The number of carboxylic acid groups (broad SMARTS) is 1. The van der Waals surface area contributed by atoms with Gasteiger partial charge >= 0.3 is 5.97 Å². The molecule has 2 saturated carbocycles. The van der Waals surface area contributed by atoms with Crippen LogP contribution in [0.1, 0.15) is 96.8 Å². The molecule has 3 N–H and O–H groups in total. The zero-order valence-electron chi connectivity index (χ0n) is 18.3. The van der Waals surface area contributed by atoms with E-state index in [9.17, 15) is 15.0 Å². The summed E-state index contributed by atoms with van der Waals surface area (Å²) < 4.78 is 0. The first kappa shape index (κ1) is 24.1. The highest BCUT2D eigenvalue weighted by atomic mass is 16.4. The van der Waals surface area contributed by atoms with Gasteiger partial charge < -0.3 is 15.3 Å². The molecular weight excluding hydrogens is 364 g/mol. The average molecular weight is 407 g/mol. The van der Waals surface area contributed by atoms with Crippen LogP contribution in [0, 0.1) is 17.8 Å². The number of aliphatic hydroxyl groups excluding tert-OH is 2. The number of aliphatic carboxylic acids is 1. The summed E-state index contributed by atoms with van der Waals surface area (Å²) in [6.07, 6.45) is 19.8. The Balaban J connectivity index is 1.70. The maximum absolute atomic E-state index is 10.6. The van der Waals surface area contributed by atoms with Crippen molar-refractivity contribution in [3.63, 3.8) is 0 Å². The average Bonchev–Trinajstić information content (AvgIpc) is 3.19. The van der Waals surface area contributed by atoms with Gasteiger partial charge in [0.2, 0.25) is 0 Å². The molecule has 166 valence electrons. The van der Waals surface area contributed by atoms with Crippen LogP contribution >= 0.6 is 0 Å². The highest BCUT2D eigenvalue weighted by molar-refractivity contribution is 5.66. The molecule has 2 aliphatic rings. The molecule has 5 atom stereocenters. The standard InChI is InChI=1S/C25H42O4/c1-2-3-4-5-6-7-8-12-21(26)14-15-22-23-17-19(11-9-10-13-25(28)29)16-20(23)18-24(22)27/h11,14-15,20-24,26-27H,2-10,12-13,16-18H2,1H3,(H,28,29)/t20-,21-,22-,23+,24-/m1/s1. The second-order valence-corrected chi connectivity index (χ2v) is 9.22. The van der Waals surface area contributed by atoms with Crippen molar-refractivity contribution in [3.8, 4) is 0 Å². The van der Waals surface area contributed by atoms with Crippen molar-refractivity contribution in [2.24, 2.45) is 17.8 Å². The van der Waals surface area contributed by atoms with Crippen molar-refractivity contribution < 1.29 is 20.1 Å². The monoisotopic (exact) mass is 406 g/mol. The number of allylic oxidation sites excluding steroid dienone is 2. The normalized spacial score (nSPS) is 29.0. The van der Waals surface area contributed by atoms with Gasteiger partial charge in [-0.05, 0) is 50.4 Å². The van der Waals surface area contributed by atoms with Crippen LogP contribution in [-0.2, 0) is 4.79 Å². The van der Waals surface area contributed by atoms with E-state index in [4.69, 9.17) is 5.11 Å². The van der Waals surface area contributed by atoms with Crippen LogP contribution in [0.25, 0.3) is 0 Å². The molecule has 0 heterocycles. The van der Waals surface area contributed by atoms with Gasteiger partial charge in [-0.3, -0.25) is 4.79 Å². The molecule has 0 aromatic rings. The van der Waals surface area contributed by atoms with E-state index in [0.717, 1.165) is 38.5 Å². The Morgan fingerprint density at radius 2 is 1.83 bits per heavy atom. The summed E-state index contributed by atoms with van der Waals surface area (Å²) in [5, 5.41) is 29.5. The van der Waals surface area contributed by atoms with Crippen molar-refractivity contribution in [1.29, 1.82) is 0 Å². The molecule has 0 aromatic heterocycles. The Labute approximate surface area is 177 Å². The summed E-state index contributed by atoms with van der Waals surface area (Å²) in [5.74, 6) is 0.423. The predicted octanol–water partition coefficient (Wildman–Crippen LogP) is 5.63. The lowest BCUT2D eigenvalue weighted by Gasteiger charge is -2.17. The summed E-state index contributed by atoms with van der Waals surface area (Å²) in [7, 11) is 0. The van der Waals surface area contributed by atoms with Gasteiger partial charge in [0.15, 0.2) is 0 Å². The SMILES string of the molecule is CCCCCCCCC[C@@H](O)C=C[C@@H]1[C@H]2CC(=CCCCC(=O)O)C[C@@H]2C[C@H]1O. The number of hydrogen-bond donors (Lipinski definition) is 3. The summed E-state index contributed by atoms with van der Waals surface area (Å²) >= 11 is 0. The third-order valence-corrected chi connectivity index (χ3v) is 6.80. The zero-order valence-corrected chi connectivity index (χ0v) is 18.3. The van der Waals surface area contributed by atoms with E-state index in [-0.39, 0.29) is 18.4 Å². The number of carboxylic acids is 1. The van der Waals surface area contributed by atoms with Crippen LogP contribution in [0.3, 0.4) is 0 Å². The molecule has 2 aliphatic carbocycles. The van der Waals surface area contributed by atoms with Crippen LogP contribution in [0.5, 0.6) is 0 Å². The summed E-state index contributed by atoms with van der Waals surface area (Å²) in [5.41, 5.74) is 1.43. The second kappa shape index (κ2) is 13.2. The molecule has 0 bridgehead atoms. The minimum atomic E-state index is -0.727. The minimum absolute atomic E-state index is 0.147. The summed E-state index contributed by atoms with van der Waals surface area (Å²) in [6.45, 7) is 2.23. The van der Waals surface area contributed by atoms with Crippen molar-refractivity contribution in [1.82, 2.24) is 0 Å². The molecule has 4 nitrogen and oxygen atoms in total. The maximum Gasteiger partial charge on any atom is 0.303 e. The lowest BCUT2D eigenvalue weighted by molar-refractivity contribution is -0.137. The molecule has 4 heteroatoms. The molecule has 0 aliphatic heterocycles. The minimum Gasteiger partial charge on any atom is -0.481 e. The van der Waals surface area contributed by atoms with Gasteiger partial charge in [0.1, 0.15) is 0 Å². The number of unbranched alkanes of at least 4 members (excludes halogenated alkanes) is 7. The summed E-state index contributed by atoms with van der Waals surface area (Å²) in [6, 6.07) is 0. The third-order valence-electron chi connectivity index (χ3n) is 6.80. The van der Waals surface area contributed by atoms with E-state index < -0.39 is 12.1 Å². The number of aliphatic hydroxyl groups is 2. The van der Waals surface area contributed by atoms with Crippen LogP contribution in [-0.4, -0.2) is 33.5 Å². The first-order valence-corrected chi connectivity index (χ1v) is 12.0. The Kier molecular flexibility index (Phi) is 11.0. The number of carbonyl (C=O) groups is 1. The van der Waals surface area contributed by atoms with Gasteiger partial charge in [-0.2, -0.15) is 0 Å². The van der Waals surface area contributed by atoms with Crippen molar-refractivity contribution >= 4 is 5.97 Å². The van der Waals surface area contributed by atoms with Crippen molar-refractivity contribution in [2.75, 3.05) is 0 Å². The molecule has 0 aromatic carbocycles. The number of hydrogen-bond acceptors (Lipinski definition) is 3. The van der Waals surface area contributed by atoms with E-state index in [1.54, 1.807) is 0 Å². The van der Waals surface area contributed by atoms with Crippen LogP contribution in [0.4, 0.5) is 0 Å². The first-order chi connectivity index (χ1) is 14.0. The molecule has 29 heavy (non-hydrogen) atoms. The van der Waals surface area contributed by atoms with E-state index in [1.165, 1.54) is 44.1 Å². The largest absolute Gasteiger partial charge is 0.481 e. The lowest BCUT2D eigenvalue weighted by atomic mass is 9.90. The zero-order chi connectivity index (χ0) is 21.1. The number of fused-ring (bicyclic) bond motifs is 1. The highest BCUT2D eigenvalue weighted by Gasteiger charge is 2.44. The van der Waals surface area contributed by atoms with Crippen LogP contribution in [0.15, 0.2) is 23.8 Å². The van der Waals surface area contributed by atoms with Gasteiger partial charge in [-0.15, -0.1) is 0 Å². The molecule has 0 saturated heterocycles. The van der Waals surface area contributed by atoms with Crippen LogP contribution < -0.4 is 0 Å². The van der Waals surface area contributed by atoms with Gasteiger partial charge in [-0.25, -0.2) is 0 Å². The quantitative estimate of drug-likeness (QED) is 0.258. The second-order valence-electron chi connectivity index (χ2n) is 9.22. The topological polar surface area (TPSA) is 77.8 Å². The Hall–Kier alpha value is -1.13. The molecule has 0 radical (unpaired) electrons. The van der Waals surface area contributed by atoms with E-state index in [0.29, 0.717) is 18.3 Å². The Morgan fingerprint density at radius 1 is 1.10 bits per heavy atom. The number of rotatable bonds is 14. The molecule has 0 spiro atoms. The predicted molar refractivity (Wildman–Crippen MR) is 118 cm³/mol.